The predicted molar refractivity (Wildman–Crippen MR) is 77.3 cm³/mol. The summed E-state index contributed by atoms with van der Waals surface area (Å²) < 4.78 is 5.47. The van der Waals surface area contributed by atoms with Crippen LogP contribution in [0.25, 0.3) is 0 Å². The van der Waals surface area contributed by atoms with Gasteiger partial charge in [-0.25, -0.2) is 0 Å². The standard InChI is InChI=1S/C14H20N2O2S/c1-10-13(15-7-8-18-10)14(17)16-9-11-3-5-12(19-2)6-4-11/h3-6,10,13,15H,7-9H2,1-2H3,(H,16,17)/t10-,13+/m1/s1. The highest BCUT2D eigenvalue weighted by molar-refractivity contribution is 7.98. The first-order chi connectivity index (χ1) is 9.20. The van der Waals surface area contributed by atoms with Gasteiger partial charge in [0, 0.05) is 18.0 Å². The number of hydrogen-bond donors (Lipinski definition) is 2. The van der Waals surface area contributed by atoms with Crippen molar-refractivity contribution < 1.29 is 9.53 Å². The van der Waals surface area contributed by atoms with Gasteiger partial charge in [0.25, 0.3) is 0 Å². The van der Waals surface area contributed by atoms with Crippen LogP contribution in [0.4, 0.5) is 0 Å². The molecule has 19 heavy (non-hydrogen) atoms. The van der Waals surface area contributed by atoms with E-state index in [1.54, 1.807) is 11.8 Å². The molecule has 104 valence electrons. The third kappa shape index (κ3) is 3.96. The van der Waals surface area contributed by atoms with Crippen molar-refractivity contribution in [3.8, 4) is 0 Å². The summed E-state index contributed by atoms with van der Waals surface area (Å²) in [6.45, 7) is 3.87. The zero-order valence-electron chi connectivity index (χ0n) is 11.3. The molecule has 2 N–H and O–H groups in total. The maximum absolute atomic E-state index is 12.0. The molecule has 4 nitrogen and oxygen atoms in total. The topological polar surface area (TPSA) is 50.4 Å². The fourth-order valence-electron chi connectivity index (χ4n) is 2.07. The molecule has 1 saturated heterocycles. The predicted octanol–water partition coefficient (Wildman–Crippen LogP) is 1.40. The summed E-state index contributed by atoms with van der Waals surface area (Å²) in [6.07, 6.45) is 1.97. The van der Waals surface area contributed by atoms with Gasteiger partial charge in [0.15, 0.2) is 0 Å². The van der Waals surface area contributed by atoms with Crippen LogP contribution in [0.2, 0.25) is 0 Å². The van der Waals surface area contributed by atoms with Crippen molar-refractivity contribution in [1.29, 1.82) is 0 Å². The number of rotatable bonds is 4. The van der Waals surface area contributed by atoms with E-state index < -0.39 is 0 Å². The van der Waals surface area contributed by atoms with E-state index in [2.05, 4.69) is 22.8 Å². The molecule has 0 unspecified atom stereocenters. The van der Waals surface area contributed by atoms with Crippen LogP contribution in [0, 0.1) is 0 Å². The molecule has 1 heterocycles. The Morgan fingerprint density at radius 2 is 2.21 bits per heavy atom. The molecule has 0 spiro atoms. The average Bonchev–Trinajstić information content (AvgIpc) is 2.46. The van der Waals surface area contributed by atoms with Gasteiger partial charge in [-0.1, -0.05) is 12.1 Å². The summed E-state index contributed by atoms with van der Waals surface area (Å²) in [4.78, 5) is 13.3. The van der Waals surface area contributed by atoms with Crippen LogP contribution >= 0.6 is 11.8 Å². The van der Waals surface area contributed by atoms with Crippen molar-refractivity contribution in [3.63, 3.8) is 0 Å². The lowest BCUT2D eigenvalue weighted by Gasteiger charge is -2.29. The number of morpholine rings is 1. The summed E-state index contributed by atoms with van der Waals surface area (Å²) in [5.74, 6) is 0.00106. The van der Waals surface area contributed by atoms with E-state index in [1.807, 2.05) is 25.3 Å². The van der Waals surface area contributed by atoms with Crippen LogP contribution in [0.5, 0.6) is 0 Å². The van der Waals surface area contributed by atoms with Crippen LogP contribution in [0.3, 0.4) is 0 Å². The first-order valence-electron chi connectivity index (χ1n) is 6.46. The van der Waals surface area contributed by atoms with Gasteiger partial charge in [0.05, 0.1) is 12.7 Å². The van der Waals surface area contributed by atoms with E-state index in [4.69, 9.17) is 4.74 Å². The van der Waals surface area contributed by atoms with Crippen LogP contribution in [0.1, 0.15) is 12.5 Å². The van der Waals surface area contributed by atoms with E-state index in [9.17, 15) is 4.79 Å². The molecule has 1 aliphatic rings. The molecule has 1 aliphatic heterocycles. The van der Waals surface area contributed by atoms with Crippen LogP contribution in [-0.4, -0.2) is 37.5 Å². The molecule has 2 atom stereocenters. The second kappa shape index (κ2) is 6.93. The molecule has 2 rings (SSSR count). The molecule has 0 aromatic heterocycles. The van der Waals surface area contributed by atoms with Gasteiger partial charge in [0.1, 0.15) is 6.04 Å². The van der Waals surface area contributed by atoms with Gasteiger partial charge < -0.3 is 15.4 Å². The molecule has 1 amide bonds. The highest BCUT2D eigenvalue weighted by atomic mass is 32.2. The van der Waals surface area contributed by atoms with Crippen molar-refractivity contribution in [1.82, 2.24) is 10.6 Å². The first kappa shape index (κ1) is 14.4. The van der Waals surface area contributed by atoms with Crippen molar-refractivity contribution in [2.45, 2.75) is 30.5 Å². The summed E-state index contributed by atoms with van der Waals surface area (Å²) >= 11 is 1.71. The molecule has 1 fully saturated rings. The molecular formula is C14H20N2O2S. The second-order valence-corrected chi connectivity index (χ2v) is 5.45. The molecular weight excluding hydrogens is 260 g/mol. The number of amides is 1. The molecule has 5 heteroatoms. The van der Waals surface area contributed by atoms with Crippen LogP contribution in [0.15, 0.2) is 29.2 Å². The number of nitrogens with one attached hydrogen (secondary N) is 2. The van der Waals surface area contributed by atoms with Crippen LogP contribution in [-0.2, 0) is 16.1 Å². The molecule has 0 aliphatic carbocycles. The van der Waals surface area contributed by atoms with Gasteiger partial charge in [-0.2, -0.15) is 0 Å². The lowest BCUT2D eigenvalue weighted by molar-refractivity contribution is -0.129. The quantitative estimate of drug-likeness (QED) is 0.819. The minimum Gasteiger partial charge on any atom is -0.375 e. The normalized spacial score (nSPS) is 23.1. The maximum atomic E-state index is 12.0. The monoisotopic (exact) mass is 280 g/mol. The summed E-state index contributed by atoms with van der Waals surface area (Å²) in [5, 5.41) is 6.13. The van der Waals surface area contributed by atoms with Gasteiger partial charge in [-0.05, 0) is 30.9 Å². The van der Waals surface area contributed by atoms with Gasteiger partial charge in [-0.3, -0.25) is 4.79 Å². The Labute approximate surface area is 118 Å². The molecule has 1 aromatic rings. The Morgan fingerprint density at radius 1 is 1.47 bits per heavy atom. The van der Waals surface area contributed by atoms with Gasteiger partial charge in [0.2, 0.25) is 5.91 Å². The second-order valence-electron chi connectivity index (χ2n) is 4.57. The summed E-state index contributed by atoms with van der Waals surface area (Å²) in [5.41, 5.74) is 1.11. The molecule has 0 radical (unpaired) electrons. The minimum absolute atomic E-state index is 0.00106. The lowest BCUT2D eigenvalue weighted by Crippen LogP contribution is -2.55. The van der Waals surface area contributed by atoms with Crippen molar-refractivity contribution in [2.75, 3.05) is 19.4 Å². The van der Waals surface area contributed by atoms with E-state index in [0.29, 0.717) is 13.2 Å². The Morgan fingerprint density at radius 3 is 2.84 bits per heavy atom. The van der Waals surface area contributed by atoms with E-state index in [-0.39, 0.29) is 18.1 Å². The largest absolute Gasteiger partial charge is 0.375 e. The van der Waals surface area contributed by atoms with Crippen molar-refractivity contribution in [2.24, 2.45) is 0 Å². The highest BCUT2D eigenvalue weighted by Gasteiger charge is 2.27. The third-order valence-corrected chi connectivity index (χ3v) is 3.97. The smallest absolute Gasteiger partial charge is 0.240 e. The Bertz CT molecular complexity index is 422. The van der Waals surface area contributed by atoms with E-state index >= 15 is 0 Å². The first-order valence-corrected chi connectivity index (χ1v) is 7.69. The fraction of sp³-hybridized carbons (Fsp3) is 0.500. The van der Waals surface area contributed by atoms with E-state index in [0.717, 1.165) is 12.1 Å². The fourth-order valence-corrected chi connectivity index (χ4v) is 2.48. The zero-order chi connectivity index (χ0) is 13.7. The van der Waals surface area contributed by atoms with Gasteiger partial charge >= 0.3 is 0 Å². The molecule has 1 aromatic carbocycles. The Balaban J connectivity index is 1.85. The lowest BCUT2D eigenvalue weighted by atomic mass is 10.1. The zero-order valence-corrected chi connectivity index (χ0v) is 12.1. The SMILES string of the molecule is CSc1ccc(CNC(=O)[C@H]2NCCO[C@@H]2C)cc1. The summed E-state index contributed by atoms with van der Waals surface area (Å²) in [6, 6.07) is 7.97. The highest BCUT2D eigenvalue weighted by Crippen LogP contribution is 2.14. The minimum atomic E-state index is -0.251. The number of hydrogen-bond acceptors (Lipinski definition) is 4. The summed E-state index contributed by atoms with van der Waals surface area (Å²) in [7, 11) is 0. The number of carbonyl (C=O) groups excluding carboxylic acids is 1. The Hall–Kier alpha value is -1.04. The maximum Gasteiger partial charge on any atom is 0.240 e. The van der Waals surface area contributed by atoms with Gasteiger partial charge in [-0.15, -0.1) is 11.8 Å². The number of thioether (sulfide) groups is 1. The van der Waals surface area contributed by atoms with Crippen LogP contribution < -0.4 is 10.6 Å². The van der Waals surface area contributed by atoms with Crippen molar-refractivity contribution in [3.05, 3.63) is 29.8 Å². The number of benzene rings is 1. The Kier molecular flexibility index (Phi) is 5.24. The average molecular weight is 280 g/mol. The van der Waals surface area contributed by atoms with E-state index in [1.165, 1.54) is 4.90 Å². The molecule has 0 saturated carbocycles. The third-order valence-electron chi connectivity index (χ3n) is 3.22. The number of ether oxygens (including phenoxy) is 1. The molecule has 0 bridgehead atoms. The number of carbonyl (C=O) groups is 1. The van der Waals surface area contributed by atoms with Crippen molar-refractivity contribution >= 4 is 17.7 Å².